The molecule has 130 valence electrons. The quantitative estimate of drug-likeness (QED) is 0.823. The van der Waals surface area contributed by atoms with Crippen LogP contribution in [0.15, 0.2) is 47.5 Å². The van der Waals surface area contributed by atoms with Crippen LogP contribution in [0.4, 0.5) is 5.69 Å². The van der Waals surface area contributed by atoms with Gasteiger partial charge in [-0.2, -0.15) is 0 Å². The minimum absolute atomic E-state index is 0.0553. The van der Waals surface area contributed by atoms with E-state index in [0.717, 1.165) is 0 Å². The van der Waals surface area contributed by atoms with Crippen molar-refractivity contribution < 1.29 is 9.59 Å². The van der Waals surface area contributed by atoms with Crippen LogP contribution in [0.3, 0.4) is 0 Å². The molecule has 0 saturated carbocycles. The standard InChI is InChI=1S/C17H17ClN4O3/c1-12-9-22(14-6-3-2-5-13(14)18)16(24)11-21(12)15(23)10-20-8-4-7-19-17(20)25/h2-8,12H,9-11H2,1H3/t12-/m1/s1. The molecule has 2 heterocycles. The highest BCUT2D eigenvalue weighted by Crippen LogP contribution is 2.27. The Bertz CT molecular complexity index is 867. The SMILES string of the molecule is C[C@@H]1CN(c2ccccc2Cl)C(=O)CN1C(=O)Cn1cccnc1=O. The summed E-state index contributed by atoms with van der Waals surface area (Å²) in [6.45, 7) is 2.01. The second kappa shape index (κ2) is 7.06. The highest BCUT2D eigenvalue weighted by atomic mass is 35.5. The fourth-order valence-electron chi connectivity index (χ4n) is 2.83. The molecule has 1 aromatic heterocycles. The van der Waals surface area contributed by atoms with Crippen LogP contribution >= 0.6 is 11.6 Å². The minimum Gasteiger partial charge on any atom is -0.327 e. The number of amides is 2. The van der Waals surface area contributed by atoms with Crippen molar-refractivity contribution in [1.82, 2.24) is 14.5 Å². The Morgan fingerprint density at radius 3 is 2.76 bits per heavy atom. The maximum atomic E-state index is 12.5. The predicted molar refractivity (Wildman–Crippen MR) is 93.5 cm³/mol. The van der Waals surface area contributed by atoms with Crippen LogP contribution in [0.1, 0.15) is 6.92 Å². The minimum atomic E-state index is -0.496. The highest BCUT2D eigenvalue weighted by molar-refractivity contribution is 6.33. The van der Waals surface area contributed by atoms with Crippen LogP contribution in [0.2, 0.25) is 5.02 Å². The van der Waals surface area contributed by atoms with Gasteiger partial charge in [-0.3, -0.25) is 14.2 Å². The van der Waals surface area contributed by atoms with Gasteiger partial charge in [-0.1, -0.05) is 23.7 Å². The van der Waals surface area contributed by atoms with Crippen LogP contribution in [0.5, 0.6) is 0 Å². The van der Waals surface area contributed by atoms with Crippen molar-refractivity contribution in [2.75, 3.05) is 18.0 Å². The monoisotopic (exact) mass is 360 g/mol. The summed E-state index contributed by atoms with van der Waals surface area (Å²) in [5, 5.41) is 0.490. The number of hydrogen-bond acceptors (Lipinski definition) is 4. The second-order valence-electron chi connectivity index (χ2n) is 5.86. The molecule has 25 heavy (non-hydrogen) atoms. The third-order valence-electron chi connectivity index (χ3n) is 4.14. The predicted octanol–water partition coefficient (Wildman–Crippen LogP) is 1.16. The number of carbonyl (C=O) groups is 2. The topological polar surface area (TPSA) is 75.5 Å². The van der Waals surface area contributed by atoms with Gasteiger partial charge in [0.15, 0.2) is 0 Å². The summed E-state index contributed by atoms with van der Waals surface area (Å²) in [4.78, 5) is 43.4. The fourth-order valence-corrected chi connectivity index (χ4v) is 3.07. The van der Waals surface area contributed by atoms with Crippen LogP contribution < -0.4 is 10.6 Å². The number of carbonyl (C=O) groups excluding carboxylic acids is 2. The Morgan fingerprint density at radius 1 is 1.28 bits per heavy atom. The summed E-state index contributed by atoms with van der Waals surface area (Å²) >= 11 is 6.17. The summed E-state index contributed by atoms with van der Waals surface area (Å²) in [5.41, 5.74) is 0.140. The molecule has 1 aliphatic heterocycles. The highest BCUT2D eigenvalue weighted by Gasteiger charge is 2.33. The van der Waals surface area contributed by atoms with E-state index in [1.165, 1.54) is 21.9 Å². The largest absolute Gasteiger partial charge is 0.347 e. The number of rotatable bonds is 3. The molecule has 0 bridgehead atoms. The number of piperazine rings is 1. The molecule has 1 aliphatic rings. The fraction of sp³-hybridized carbons (Fsp3) is 0.294. The van der Waals surface area contributed by atoms with Gasteiger partial charge >= 0.3 is 5.69 Å². The lowest BCUT2D eigenvalue weighted by Gasteiger charge is -2.39. The Morgan fingerprint density at radius 2 is 2.04 bits per heavy atom. The van der Waals surface area contributed by atoms with Crippen molar-refractivity contribution in [3.8, 4) is 0 Å². The zero-order valence-electron chi connectivity index (χ0n) is 13.6. The summed E-state index contributed by atoms with van der Waals surface area (Å²) in [5.74, 6) is -0.507. The van der Waals surface area contributed by atoms with Gasteiger partial charge in [0.25, 0.3) is 0 Å². The molecule has 1 aromatic carbocycles. The first-order valence-electron chi connectivity index (χ1n) is 7.83. The number of hydrogen-bond donors (Lipinski definition) is 0. The van der Waals surface area contributed by atoms with E-state index in [1.54, 1.807) is 29.2 Å². The van der Waals surface area contributed by atoms with E-state index >= 15 is 0 Å². The molecule has 2 aromatic rings. The Labute approximate surface area is 149 Å². The molecule has 7 nitrogen and oxygen atoms in total. The molecule has 0 radical (unpaired) electrons. The molecule has 2 amide bonds. The van der Waals surface area contributed by atoms with Gasteiger partial charge in [-0.15, -0.1) is 0 Å². The van der Waals surface area contributed by atoms with E-state index in [1.807, 2.05) is 13.0 Å². The van der Waals surface area contributed by atoms with E-state index in [9.17, 15) is 14.4 Å². The number of aromatic nitrogens is 2. The van der Waals surface area contributed by atoms with E-state index in [0.29, 0.717) is 17.3 Å². The summed E-state index contributed by atoms with van der Waals surface area (Å²) in [6.07, 6.45) is 2.87. The van der Waals surface area contributed by atoms with Crippen molar-refractivity contribution in [3.05, 3.63) is 58.2 Å². The molecule has 1 saturated heterocycles. The second-order valence-corrected chi connectivity index (χ2v) is 6.26. The first-order chi connectivity index (χ1) is 12.0. The van der Waals surface area contributed by atoms with Crippen molar-refractivity contribution in [3.63, 3.8) is 0 Å². The van der Waals surface area contributed by atoms with Crippen molar-refractivity contribution >= 4 is 29.1 Å². The molecular formula is C17H17ClN4O3. The molecule has 1 atom stereocenters. The van der Waals surface area contributed by atoms with Gasteiger partial charge < -0.3 is 9.80 Å². The Hall–Kier alpha value is -2.67. The number of benzene rings is 1. The Kier molecular flexibility index (Phi) is 4.85. The molecular weight excluding hydrogens is 344 g/mol. The first-order valence-corrected chi connectivity index (χ1v) is 8.21. The van der Waals surface area contributed by atoms with Crippen LogP contribution in [0, 0.1) is 0 Å². The van der Waals surface area contributed by atoms with Crippen LogP contribution in [0.25, 0.3) is 0 Å². The van der Waals surface area contributed by atoms with E-state index < -0.39 is 5.69 Å². The lowest BCUT2D eigenvalue weighted by Crippen LogP contribution is -2.58. The molecule has 0 unspecified atom stereocenters. The van der Waals surface area contributed by atoms with E-state index in [2.05, 4.69) is 4.98 Å². The first kappa shape index (κ1) is 17.2. The molecule has 0 spiro atoms. The third-order valence-corrected chi connectivity index (χ3v) is 4.46. The van der Waals surface area contributed by atoms with Crippen molar-refractivity contribution in [1.29, 1.82) is 0 Å². The third kappa shape index (κ3) is 3.56. The van der Waals surface area contributed by atoms with Gasteiger partial charge in [0, 0.05) is 25.0 Å². The Balaban J connectivity index is 1.75. The number of para-hydroxylation sites is 1. The number of anilines is 1. The van der Waals surface area contributed by atoms with Crippen molar-refractivity contribution in [2.24, 2.45) is 0 Å². The summed E-state index contributed by atoms with van der Waals surface area (Å²) < 4.78 is 1.22. The van der Waals surface area contributed by atoms with Gasteiger partial charge in [-0.05, 0) is 25.1 Å². The van der Waals surface area contributed by atoms with Gasteiger partial charge in [0.1, 0.15) is 13.1 Å². The van der Waals surface area contributed by atoms with Gasteiger partial charge in [0.2, 0.25) is 11.8 Å². The average molecular weight is 361 g/mol. The molecule has 1 fully saturated rings. The van der Waals surface area contributed by atoms with Gasteiger partial charge in [0.05, 0.1) is 10.7 Å². The zero-order chi connectivity index (χ0) is 18.0. The zero-order valence-corrected chi connectivity index (χ0v) is 14.4. The van der Waals surface area contributed by atoms with Crippen molar-refractivity contribution in [2.45, 2.75) is 19.5 Å². The molecule has 0 aliphatic carbocycles. The molecule has 8 heteroatoms. The summed E-state index contributed by atoms with van der Waals surface area (Å²) in [7, 11) is 0. The lowest BCUT2D eigenvalue weighted by atomic mass is 10.1. The van der Waals surface area contributed by atoms with E-state index in [-0.39, 0.29) is 30.9 Å². The molecule has 0 N–H and O–H groups in total. The van der Waals surface area contributed by atoms with Gasteiger partial charge in [-0.25, -0.2) is 9.78 Å². The lowest BCUT2D eigenvalue weighted by molar-refractivity contribution is -0.139. The smallest absolute Gasteiger partial charge is 0.327 e. The maximum absolute atomic E-state index is 12.5. The van der Waals surface area contributed by atoms with E-state index in [4.69, 9.17) is 11.6 Å². The van der Waals surface area contributed by atoms with Crippen LogP contribution in [-0.4, -0.2) is 45.4 Å². The number of nitrogens with zero attached hydrogens (tertiary/aromatic N) is 4. The maximum Gasteiger partial charge on any atom is 0.347 e. The summed E-state index contributed by atoms with van der Waals surface area (Å²) in [6, 6.07) is 8.49. The average Bonchev–Trinajstić information content (AvgIpc) is 2.59. The van der Waals surface area contributed by atoms with Crippen LogP contribution in [-0.2, 0) is 16.1 Å². The normalized spacial score (nSPS) is 17.7. The number of halogens is 1. The molecule has 3 rings (SSSR count).